The van der Waals surface area contributed by atoms with Gasteiger partial charge in [0.1, 0.15) is 0 Å². The van der Waals surface area contributed by atoms with Crippen LogP contribution in [0.15, 0.2) is 48.5 Å². The molecule has 154 valence electrons. The van der Waals surface area contributed by atoms with Crippen LogP contribution in [0.3, 0.4) is 0 Å². The highest BCUT2D eigenvalue weighted by Crippen LogP contribution is 2.34. The summed E-state index contributed by atoms with van der Waals surface area (Å²) in [5.41, 5.74) is 2.98. The largest absolute Gasteiger partial charge is 0.387 e. The molecule has 5 nitrogen and oxygen atoms in total. The summed E-state index contributed by atoms with van der Waals surface area (Å²) in [6.07, 6.45) is 2.70. The second-order valence-corrected chi connectivity index (χ2v) is 8.60. The van der Waals surface area contributed by atoms with Crippen molar-refractivity contribution in [2.24, 2.45) is 5.92 Å². The fraction of sp³-hybridized carbons (Fsp3) is 0.458. The Bertz CT molecular complexity index is 853. The zero-order valence-electron chi connectivity index (χ0n) is 17.0. The van der Waals surface area contributed by atoms with Gasteiger partial charge in [0.2, 0.25) is 5.91 Å². The molecule has 2 aliphatic rings. The van der Waals surface area contributed by atoms with Crippen LogP contribution < -0.4 is 5.32 Å². The molecule has 4 rings (SSSR count). The smallest absolute Gasteiger partial charge is 0.227 e. The number of likely N-dealkylation sites (tertiary alicyclic amines) is 1. The Morgan fingerprint density at radius 1 is 1.17 bits per heavy atom. The number of β-amino-alcohol motifs (C(OH)–C–C–N with tert-alkyl or cyclic N) is 1. The first-order chi connectivity index (χ1) is 13.9. The monoisotopic (exact) mass is 394 g/mol. The van der Waals surface area contributed by atoms with E-state index in [0.717, 1.165) is 48.3 Å². The van der Waals surface area contributed by atoms with Gasteiger partial charge in [0.15, 0.2) is 0 Å². The van der Waals surface area contributed by atoms with Crippen LogP contribution in [-0.4, -0.2) is 40.7 Å². The van der Waals surface area contributed by atoms with E-state index in [1.54, 1.807) is 0 Å². The van der Waals surface area contributed by atoms with E-state index in [2.05, 4.69) is 16.3 Å². The number of aliphatic hydroxyl groups is 2. The minimum absolute atomic E-state index is 0.0905. The van der Waals surface area contributed by atoms with Gasteiger partial charge in [0.25, 0.3) is 0 Å². The first-order valence-corrected chi connectivity index (χ1v) is 10.5. The summed E-state index contributed by atoms with van der Waals surface area (Å²) < 4.78 is 0. The molecule has 1 aliphatic heterocycles. The minimum atomic E-state index is -0.783. The molecule has 1 atom stereocenters. The predicted molar refractivity (Wildman–Crippen MR) is 114 cm³/mol. The van der Waals surface area contributed by atoms with Crippen molar-refractivity contribution < 1.29 is 15.0 Å². The third kappa shape index (κ3) is 4.86. The van der Waals surface area contributed by atoms with Gasteiger partial charge in [0, 0.05) is 31.2 Å². The highest BCUT2D eigenvalue weighted by Gasteiger charge is 2.34. The zero-order chi connectivity index (χ0) is 20.4. The van der Waals surface area contributed by atoms with Crippen LogP contribution in [0.1, 0.15) is 48.5 Å². The zero-order valence-corrected chi connectivity index (χ0v) is 17.0. The van der Waals surface area contributed by atoms with Crippen molar-refractivity contribution >= 4 is 11.6 Å². The normalized spacial score (nSPS) is 20.2. The van der Waals surface area contributed by atoms with Crippen molar-refractivity contribution in [3.63, 3.8) is 0 Å². The van der Waals surface area contributed by atoms with E-state index < -0.39 is 11.7 Å². The lowest BCUT2D eigenvalue weighted by Gasteiger charge is -2.39. The number of carbonyl (C=O) groups excluding carboxylic acids is 1. The van der Waals surface area contributed by atoms with E-state index in [1.807, 2.05) is 49.4 Å². The van der Waals surface area contributed by atoms with Gasteiger partial charge in [-0.25, -0.2) is 0 Å². The van der Waals surface area contributed by atoms with Gasteiger partial charge in [-0.05, 0) is 55.9 Å². The number of nitrogens with zero attached hydrogens (tertiary/aromatic N) is 1. The maximum Gasteiger partial charge on any atom is 0.227 e. The molecule has 0 aromatic heterocycles. The van der Waals surface area contributed by atoms with E-state index >= 15 is 0 Å². The molecule has 1 saturated heterocycles. The maximum absolute atomic E-state index is 11.8. The molecule has 5 heteroatoms. The van der Waals surface area contributed by atoms with Gasteiger partial charge in [-0.3, -0.25) is 4.79 Å². The van der Waals surface area contributed by atoms with Crippen LogP contribution in [0.4, 0.5) is 5.69 Å². The van der Waals surface area contributed by atoms with E-state index in [4.69, 9.17) is 0 Å². The highest BCUT2D eigenvalue weighted by molar-refractivity contribution is 5.94. The number of piperidine rings is 1. The lowest BCUT2D eigenvalue weighted by molar-refractivity contribution is -0.117. The molecule has 1 aliphatic carbocycles. The molecule has 2 aromatic rings. The SMILES string of the molecule is Cc1cccc(C2(O)CCN(CC(O)c3ccc(NC(=O)C4CC4)cc3)CC2)c1. The van der Waals surface area contributed by atoms with Crippen LogP contribution in [0.5, 0.6) is 0 Å². The van der Waals surface area contributed by atoms with Crippen molar-refractivity contribution in [3.8, 4) is 0 Å². The number of amides is 1. The molecule has 1 amide bonds. The Balaban J connectivity index is 1.30. The van der Waals surface area contributed by atoms with Crippen LogP contribution >= 0.6 is 0 Å². The first-order valence-electron chi connectivity index (χ1n) is 10.5. The number of hydrogen-bond donors (Lipinski definition) is 3. The number of hydrogen-bond acceptors (Lipinski definition) is 4. The van der Waals surface area contributed by atoms with Crippen molar-refractivity contribution in [3.05, 3.63) is 65.2 Å². The van der Waals surface area contributed by atoms with E-state index in [0.29, 0.717) is 19.4 Å². The Kier molecular flexibility index (Phi) is 5.72. The molecule has 2 fully saturated rings. The van der Waals surface area contributed by atoms with E-state index in [-0.39, 0.29) is 11.8 Å². The highest BCUT2D eigenvalue weighted by atomic mass is 16.3. The molecule has 2 aromatic carbocycles. The standard InChI is InChI=1S/C24H30N2O3/c1-17-3-2-4-20(15-17)24(29)11-13-26(14-12-24)16-22(27)18-7-9-21(10-8-18)25-23(28)19-5-6-19/h2-4,7-10,15,19,22,27,29H,5-6,11-14,16H2,1H3,(H,25,28). The Morgan fingerprint density at radius 2 is 1.86 bits per heavy atom. The third-order valence-electron chi connectivity index (χ3n) is 6.18. The first kappa shape index (κ1) is 20.1. The number of aryl methyl sites for hydroxylation is 1. The van der Waals surface area contributed by atoms with Gasteiger partial charge in [-0.2, -0.15) is 0 Å². The molecular weight excluding hydrogens is 364 g/mol. The molecular formula is C24H30N2O3. The average molecular weight is 395 g/mol. The number of benzene rings is 2. The molecule has 1 unspecified atom stereocenters. The number of rotatable bonds is 6. The number of anilines is 1. The number of nitrogens with one attached hydrogen (secondary N) is 1. The summed E-state index contributed by atoms with van der Waals surface area (Å²) in [6, 6.07) is 15.6. The predicted octanol–water partition coefficient (Wildman–Crippen LogP) is 3.36. The van der Waals surface area contributed by atoms with E-state index in [9.17, 15) is 15.0 Å². The number of carbonyl (C=O) groups is 1. The molecule has 29 heavy (non-hydrogen) atoms. The summed E-state index contributed by atoms with van der Waals surface area (Å²) in [5.74, 6) is 0.269. The van der Waals surface area contributed by atoms with Crippen molar-refractivity contribution in [2.45, 2.75) is 44.3 Å². The second kappa shape index (κ2) is 8.27. The summed E-state index contributed by atoms with van der Waals surface area (Å²) >= 11 is 0. The number of aliphatic hydroxyl groups excluding tert-OH is 1. The molecule has 3 N–H and O–H groups in total. The molecule has 0 radical (unpaired) electrons. The summed E-state index contributed by atoms with van der Waals surface area (Å²) in [7, 11) is 0. The van der Waals surface area contributed by atoms with Gasteiger partial charge in [0.05, 0.1) is 11.7 Å². The maximum atomic E-state index is 11.8. The van der Waals surface area contributed by atoms with Gasteiger partial charge in [-0.1, -0.05) is 42.0 Å². The molecule has 1 heterocycles. The van der Waals surface area contributed by atoms with Crippen LogP contribution in [-0.2, 0) is 10.4 Å². The van der Waals surface area contributed by atoms with E-state index in [1.165, 1.54) is 0 Å². The van der Waals surface area contributed by atoms with Crippen LogP contribution in [0.2, 0.25) is 0 Å². The molecule has 0 bridgehead atoms. The summed E-state index contributed by atoms with van der Waals surface area (Å²) in [6.45, 7) is 4.08. The quantitative estimate of drug-likeness (QED) is 0.702. The minimum Gasteiger partial charge on any atom is -0.387 e. The van der Waals surface area contributed by atoms with Gasteiger partial charge in [-0.15, -0.1) is 0 Å². The lowest BCUT2D eigenvalue weighted by Crippen LogP contribution is -2.44. The summed E-state index contributed by atoms with van der Waals surface area (Å²) in [4.78, 5) is 14.0. The summed E-state index contributed by atoms with van der Waals surface area (Å²) in [5, 5.41) is 24.6. The van der Waals surface area contributed by atoms with Crippen LogP contribution in [0, 0.1) is 12.8 Å². The van der Waals surface area contributed by atoms with Crippen molar-refractivity contribution in [2.75, 3.05) is 25.0 Å². The topological polar surface area (TPSA) is 72.8 Å². The average Bonchev–Trinajstić information content (AvgIpc) is 3.56. The Hall–Kier alpha value is -2.21. The Morgan fingerprint density at radius 3 is 2.48 bits per heavy atom. The molecule has 0 spiro atoms. The molecule has 1 saturated carbocycles. The Labute approximate surface area is 172 Å². The fourth-order valence-corrected chi connectivity index (χ4v) is 4.06. The van der Waals surface area contributed by atoms with Crippen molar-refractivity contribution in [1.29, 1.82) is 0 Å². The fourth-order valence-electron chi connectivity index (χ4n) is 4.06. The third-order valence-corrected chi connectivity index (χ3v) is 6.18. The van der Waals surface area contributed by atoms with Crippen molar-refractivity contribution in [1.82, 2.24) is 4.90 Å². The van der Waals surface area contributed by atoms with Gasteiger partial charge < -0.3 is 20.4 Å². The van der Waals surface area contributed by atoms with Crippen LogP contribution in [0.25, 0.3) is 0 Å². The lowest BCUT2D eigenvalue weighted by atomic mass is 9.84. The van der Waals surface area contributed by atoms with Gasteiger partial charge >= 0.3 is 0 Å². The second-order valence-electron chi connectivity index (χ2n) is 8.60.